The van der Waals surface area contributed by atoms with Crippen molar-refractivity contribution >= 4 is 6.03 Å². The lowest BCUT2D eigenvalue weighted by atomic mass is 10.2. The van der Waals surface area contributed by atoms with Crippen molar-refractivity contribution in [3.63, 3.8) is 0 Å². The number of carbonyl (C=O) groups is 1. The molecule has 1 fully saturated rings. The molecule has 0 aliphatic carbocycles. The van der Waals surface area contributed by atoms with E-state index in [0.29, 0.717) is 25.0 Å². The summed E-state index contributed by atoms with van der Waals surface area (Å²) >= 11 is 0. The predicted octanol–water partition coefficient (Wildman–Crippen LogP) is 1.39. The van der Waals surface area contributed by atoms with Crippen LogP contribution in [0.2, 0.25) is 0 Å². The number of ether oxygens (including phenoxy) is 2. The molecule has 1 aliphatic heterocycles. The molecule has 0 unspecified atom stereocenters. The van der Waals surface area contributed by atoms with E-state index in [1.807, 2.05) is 26.0 Å². The highest BCUT2D eigenvalue weighted by Gasteiger charge is 2.17. The molecular formula is C17H28N4O3. The van der Waals surface area contributed by atoms with Crippen LogP contribution in [0.5, 0.6) is 5.88 Å². The summed E-state index contributed by atoms with van der Waals surface area (Å²) in [6, 6.07) is 3.85. The Kier molecular flexibility index (Phi) is 7.27. The van der Waals surface area contributed by atoms with E-state index >= 15 is 0 Å². The zero-order valence-corrected chi connectivity index (χ0v) is 14.7. The van der Waals surface area contributed by atoms with Crippen LogP contribution in [0.25, 0.3) is 0 Å². The molecule has 1 aromatic rings. The van der Waals surface area contributed by atoms with E-state index in [0.717, 1.165) is 31.9 Å². The third kappa shape index (κ3) is 6.33. The van der Waals surface area contributed by atoms with Gasteiger partial charge in [-0.2, -0.15) is 0 Å². The van der Waals surface area contributed by atoms with Crippen LogP contribution in [0, 0.1) is 0 Å². The number of nitrogens with zero attached hydrogens (tertiary/aromatic N) is 2. The molecule has 7 heteroatoms. The monoisotopic (exact) mass is 336 g/mol. The largest absolute Gasteiger partial charge is 0.475 e. The van der Waals surface area contributed by atoms with Gasteiger partial charge in [-0.3, -0.25) is 4.90 Å². The minimum atomic E-state index is -0.169. The Morgan fingerprint density at radius 2 is 2.04 bits per heavy atom. The molecule has 2 heterocycles. The lowest BCUT2D eigenvalue weighted by molar-refractivity contribution is 0.0209. The summed E-state index contributed by atoms with van der Waals surface area (Å²) in [6.07, 6.45) is 1.81. The average Bonchev–Trinajstić information content (AvgIpc) is 2.59. The van der Waals surface area contributed by atoms with Crippen molar-refractivity contribution in [2.45, 2.75) is 39.5 Å². The van der Waals surface area contributed by atoms with Crippen LogP contribution in [0.1, 0.15) is 26.3 Å². The van der Waals surface area contributed by atoms with Crippen LogP contribution in [0.4, 0.5) is 4.79 Å². The molecule has 2 amide bonds. The SMILES string of the molecule is CC(C)Oc1ccc(CNC(=O)NC[C@H](C)N2CCOCC2)cn1. The number of carbonyl (C=O) groups excluding carboxylic acids is 1. The molecular weight excluding hydrogens is 308 g/mol. The molecule has 1 saturated heterocycles. The van der Waals surface area contributed by atoms with Crippen LogP contribution >= 0.6 is 0 Å². The lowest BCUT2D eigenvalue weighted by Crippen LogP contribution is -2.48. The number of nitrogens with one attached hydrogen (secondary N) is 2. The summed E-state index contributed by atoms with van der Waals surface area (Å²) < 4.78 is 10.8. The van der Waals surface area contributed by atoms with Gasteiger partial charge in [0.1, 0.15) is 0 Å². The normalized spacial score (nSPS) is 16.7. The maximum Gasteiger partial charge on any atom is 0.315 e. The van der Waals surface area contributed by atoms with Gasteiger partial charge in [-0.05, 0) is 26.3 Å². The fraction of sp³-hybridized carbons (Fsp3) is 0.647. The maximum atomic E-state index is 11.9. The van der Waals surface area contributed by atoms with Crippen molar-refractivity contribution in [3.05, 3.63) is 23.9 Å². The van der Waals surface area contributed by atoms with Gasteiger partial charge < -0.3 is 20.1 Å². The Morgan fingerprint density at radius 3 is 2.67 bits per heavy atom. The van der Waals surface area contributed by atoms with Crippen molar-refractivity contribution < 1.29 is 14.3 Å². The molecule has 0 spiro atoms. The number of amides is 2. The molecule has 24 heavy (non-hydrogen) atoms. The predicted molar refractivity (Wildman–Crippen MR) is 92.1 cm³/mol. The van der Waals surface area contributed by atoms with Gasteiger partial charge in [0.25, 0.3) is 0 Å². The quantitative estimate of drug-likeness (QED) is 0.787. The number of morpholine rings is 1. The molecule has 1 atom stereocenters. The van der Waals surface area contributed by atoms with Gasteiger partial charge >= 0.3 is 6.03 Å². The summed E-state index contributed by atoms with van der Waals surface area (Å²) in [5.74, 6) is 0.595. The van der Waals surface area contributed by atoms with Crippen LogP contribution < -0.4 is 15.4 Å². The molecule has 0 radical (unpaired) electrons. The van der Waals surface area contributed by atoms with Crippen molar-refractivity contribution in [1.29, 1.82) is 0 Å². The molecule has 0 bridgehead atoms. The van der Waals surface area contributed by atoms with Gasteiger partial charge in [0, 0.05) is 44.5 Å². The third-order valence-electron chi connectivity index (χ3n) is 3.83. The van der Waals surface area contributed by atoms with Gasteiger partial charge in [-0.1, -0.05) is 6.07 Å². The van der Waals surface area contributed by atoms with E-state index in [1.54, 1.807) is 6.20 Å². The highest BCUT2D eigenvalue weighted by molar-refractivity contribution is 5.73. The van der Waals surface area contributed by atoms with Crippen LogP contribution in [0.15, 0.2) is 18.3 Å². The van der Waals surface area contributed by atoms with Crippen molar-refractivity contribution in [2.75, 3.05) is 32.8 Å². The Morgan fingerprint density at radius 1 is 1.29 bits per heavy atom. The Labute approximate surface area is 143 Å². The lowest BCUT2D eigenvalue weighted by Gasteiger charge is -2.32. The minimum Gasteiger partial charge on any atom is -0.475 e. The van der Waals surface area contributed by atoms with E-state index in [1.165, 1.54) is 0 Å². The van der Waals surface area contributed by atoms with Crippen molar-refractivity contribution in [1.82, 2.24) is 20.5 Å². The van der Waals surface area contributed by atoms with Crippen LogP contribution in [-0.2, 0) is 11.3 Å². The van der Waals surface area contributed by atoms with E-state index in [-0.39, 0.29) is 12.1 Å². The number of urea groups is 1. The zero-order chi connectivity index (χ0) is 17.4. The first-order valence-corrected chi connectivity index (χ1v) is 8.49. The first-order chi connectivity index (χ1) is 11.5. The molecule has 2 rings (SSSR count). The van der Waals surface area contributed by atoms with Gasteiger partial charge in [-0.15, -0.1) is 0 Å². The summed E-state index contributed by atoms with van der Waals surface area (Å²) in [4.78, 5) is 18.4. The van der Waals surface area contributed by atoms with Gasteiger partial charge in [0.05, 0.1) is 19.3 Å². The highest BCUT2D eigenvalue weighted by Crippen LogP contribution is 2.09. The number of hydrogen-bond donors (Lipinski definition) is 2. The van der Waals surface area contributed by atoms with Gasteiger partial charge in [-0.25, -0.2) is 9.78 Å². The van der Waals surface area contributed by atoms with Gasteiger partial charge in [0.15, 0.2) is 0 Å². The van der Waals surface area contributed by atoms with E-state index in [4.69, 9.17) is 9.47 Å². The molecule has 2 N–H and O–H groups in total. The fourth-order valence-corrected chi connectivity index (χ4v) is 2.46. The third-order valence-corrected chi connectivity index (χ3v) is 3.83. The summed E-state index contributed by atoms with van der Waals surface area (Å²) in [6.45, 7) is 10.4. The Bertz CT molecular complexity index is 501. The topological polar surface area (TPSA) is 75.7 Å². The molecule has 1 aliphatic rings. The van der Waals surface area contributed by atoms with Crippen molar-refractivity contribution in [2.24, 2.45) is 0 Å². The first kappa shape index (κ1) is 18.5. The Balaban J connectivity index is 1.67. The summed E-state index contributed by atoms with van der Waals surface area (Å²) in [5.41, 5.74) is 0.933. The van der Waals surface area contributed by atoms with Gasteiger partial charge in [0.2, 0.25) is 5.88 Å². The maximum absolute atomic E-state index is 11.9. The number of hydrogen-bond acceptors (Lipinski definition) is 5. The minimum absolute atomic E-state index is 0.0979. The smallest absolute Gasteiger partial charge is 0.315 e. The van der Waals surface area contributed by atoms with E-state index in [9.17, 15) is 4.79 Å². The highest BCUT2D eigenvalue weighted by atomic mass is 16.5. The Hall–Kier alpha value is -1.86. The first-order valence-electron chi connectivity index (χ1n) is 8.49. The van der Waals surface area contributed by atoms with E-state index < -0.39 is 0 Å². The zero-order valence-electron chi connectivity index (χ0n) is 14.7. The molecule has 1 aromatic heterocycles. The summed E-state index contributed by atoms with van der Waals surface area (Å²) in [7, 11) is 0. The number of aromatic nitrogens is 1. The standard InChI is InChI=1S/C17H28N4O3/c1-13(2)24-16-5-4-15(11-18-16)12-20-17(22)19-10-14(3)21-6-8-23-9-7-21/h4-5,11,13-14H,6-10,12H2,1-3H3,(H2,19,20,22)/t14-/m0/s1. The summed E-state index contributed by atoms with van der Waals surface area (Å²) in [5, 5.41) is 5.75. The number of pyridine rings is 1. The molecule has 0 saturated carbocycles. The van der Waals surface area contributed by atoms with E-state index in [2.05, 4.69) is 27.4 Å². The second-order valence-electron chi connectivity index (χ2n) is 6.23. The van der Waals surface area contributed by atoms with Crippen molar-refractivity contribution in [3.8, 4) is 5.88 Å². The average molecular weight is 336 g/mol. The van der Waals surface area contributed by atoms with Crippen LogP contribution in [0.3, 0.4) is 0 Å². The molecule has 7 nitrogen and oxygen atoms in total. The second-order valence-corrected chi connectivity index (χ2v) is 6.23. The molecule has 134 valence electrons. The number of rotatable bonds is 7. The van der Waals surface area contributed by atoms with Crippen LogP contribution in [-0.4, -0.2) is 60.9 Å². The second kappa shape index (κ2) is 9.44. The fourth-order valence-electron chi connectivity index (χ4n) is 2.46. The molecule has 0 aromatic carbocycles.